The van der Waals surface area contributed by atoms with Gasteiger partial charge in [0, 0.05) is 17.5 Å². The van der Waals surface area contributed by atoms with Crippen LogP contribution in [0.15, 0.2) is 53.9 Å². The molecule has 0 atom stereocenters. The number of aromatic nitrogens is 1. The Kier molecular flexibility index (Phi) is 7.08. The maximum atomic E-state index is 13.5. The van der Waals surface area contributed by atoms with Crippen molar-refractivity contribution in [2.45, 2.75) is 19.8 Å². The van der Waals surface area contributed by atoms with E-state index in [9.17, 15) is 14.0 Å². The number of rotatable bonds is 8. The Hall–Kier alpha value is -3.06. The predicted molar refractivity (Wildman–Crippen MR) is 110 cm³/mol. The summed E-state index contributed by atoms with van der Waals surface area (Å²) in [5, 5.41) is 5.25. The van der Waals surface area contributed by atoms with Crippen molar-refractivity contribution in [3.63, 3.8) is 0 Å². The molecule has 3 aromatic rings. The standard InChI is InChI=1S/C22H21FN2O3S/c1-15-6-8-17(9-7-15)22-25-18(14-29-22)12-21(27)28-13-20(26)24-11-10-16-4-2-3-5-19(16)23/h2-9,14H,10-13H2,1H3,(H,24,26). The molecule has 1 aromatic heterocycles. The Balaban J connectivity index is 1.40. The van der Waals surface area contributed by atoms with Gasteiger partial charge in [-0.05, 0) is 25.0 Å². The number of esters is 1. The monoisotopic (exact) mass is 412 g/mol. The van der Waals surface area contributed by atoms with Crippen LogP contribution in [0.3, 0.4) is 0 Å². The van der Waals surface area contributed by atoms with Gasteiger partial charge in [-0.2, -0.15) is 0 Å². The van der Waals surface area contributed by atoms with Crippen LogP contribution in [0.5, 0.6) is 0 Å². The van der Waals surface area contributed by atoms with Gasteiger partial charge in [0.2, 0.25) is 0 Å². The zero-order valence-corrected chi connectivity index (χ0v) is 16.8. The first-order valence-electron chi connectivity index (χ1n) is 9.18. The fraction of sp³-hybridized carbons (Fsp3) is 0.227. The molecule has 0 saturated heterocycles. The first-order chi connectivity index (χ1) is 14.0. The predicted octanol–water partition coefficient (Wildman–Crippen LogP) is 3.70. The summed E-state index contributed by atoms with van der Waals surface area (Å²) in [7, 11) is 0. The maximum Gasteiger partial charge on any atom is 0.312 e. The molecule has 0 bridgehead atoms. The second kappa shape index (κ2) is 9.93. The highest BCUT2D eigenvalue weighted by atomic mass is 32.1. The van der Waals surface area contributed by atoms with Crippen LogP contribution in [0.1, 0.15) is 16.8 Å². The maximum absolute atomic E-state index is 13.5. The molecule has 150 valence electrons. The van der Waals surface area contributed by atoms with E-state index in [-0.39, 0.29) is 25.4 Å². The topological polar surface area (TPSA) is 68.3 Å². The highest BCUT2D eigenvalue weighted by Gasteiger charge is 2.12. The molecule has 0 aliphatic rings. The molecular weight excluding hydrogens is 391 g/mol. The first-order valence-corrected chi connectivity index (χ1v) is 10.1. The Bertz CT molecular complexity index is 986. The molecule has 0 radical (unpaired) electrons. The zero-order chi connectivity index (χ0) is 20.6. The van der Waals surface area contributed by atoms with Crippen molar-refractivity contribution in [3.05, 3.63) is 76.5 Å². The summed E-state index contributed by atoms with van der Waals surface area (Å²) >= 11 is 1.46. The third-order valence-corrected chi connectivity index (χ3v) is 5.15. The SMILES string of the molecule is Cc1ccc(-c2nc(CC(=O)OCC(=O)NCCc3ccccc3F)cs2)cc1. The van der Waals surface area contributed by atoms with Crippen LogP contribution in [0.25, 0.3) is 10.6 Å². The van der Waals surface area contributed by atoms with Gasteiger partial charge < -0.3 is 10.1 Å². The third kappa shape index (κ3) is 6.22. The lowest BCUT2D eigenvalue weighted by molar-refractivity contribution is -0.147. The number of benzene rings is 2. The van der Waals surface area contributed by atoms with Gasteiger partial charge in [0.05, 0.1) is 12.1 Å². The smallest absolute Gasteiger partial charge is 0.312 e. The van der Waals surface area contributed by atoms with Crippen LogP contribution in [0.4, 0.5) is 4.39 Å². The highest BCUT2D eigenvalue weighted by Crippen LogP contribution is 2.24. The van der Waals surface area contributed by atoms with E-state index in [1.165, 1.54) is 23.0 Å². The van der Waals surface area contributed by atoms with Crippen LogP contribution < -0.4 is 5.32 Å². The molecule has 0 spiro atoms. The molecular formula is C22H21FN2O3S. The quantitative estimate of drug-likeness (QED) is 0.573. The summed E-state index contributed by atoms with van der Waals surface area (Å²) in [6.45, 7) is 1.91. The second-order valence-corrected chi connectivity index (χ2v) is 7.40. The summed E-state index contributed by atoms with van der Waals surface area (Å²) in [6, 6.07) is 14.4. The van der Waals surface area contributed by atoms with E-state index in [2.05, 4.69) is 10.3 Å². The number of nitrogens with one attached hydrogen (secondary N) is 1. The molecule has 0 saturated carbocycles. The number of halogens is 1. The van der Waals surface area contributed by atoms with Crippen molar-refractivity contribution < 1.29 is 18.7 Å². The molecule has 0 aliphatic carbocycles. The number of nitrogens with zero attached hydrogens (tertiary/aromatic N) is 1. The van der Waals surface area contributed by atoms with Gasteiger partial charge in [-0.3, -0.25) is 9.59 Å². The lowest BCUT2D eigenvalue weighted by Gasteiger charge is -2.07. The zero-order valence-electron chi connectivity index (χ0n) is 16.0. The molecule has 5 nitrogen and oxygen atoms in total. The number of thiazole rings is 1. The van der Waals surface area contributed by atoms with E-state index < -0.39 is 11.9 Å². The number of amides is 1. The Morgan fingerprint density at radius 2 is 1.90 bits per heavy atom. The number of carbonyl (C=O) groups is 2. The van der Waals surface area contributed by atoms with Crippen molar-refractivity contribution in [3.8, 4) is 10.6 Å². The second-order valence-electron chi connectivity index (χ2n) is 6.54. The minimum Gasteiger partial charge on any atom is -0.455 e. The van der Waals surface area contributed by atoms with Gasteiger partial charge in [0.25, 0.3) is 5.91 Å². The largest absolute Gasteiger partial charge is 0.455 e. The van der Waals surface area contributed by atoms with Crippen molar-refractivity contribution in [1.82, 2.24) is 10.3 Å². The Morgan fingerprint density at radius 1 is 1.14 bits per heavy atom. The van der Waals surface area contributed by atoms with Crippen LogP contribution >= 0.6 is 11.3 Å². The van der Waals surface area contributed by atoms with Crippen LogP contribution in [0.2, 0.25) is 0 Å². The molecule has 0 aliphatic heterocycles. The average molecular weight is 412 g/mol. The van der Waals surface area contributed by atoms with E-state index in [0.29, 0.717) is 17.7 Å². The fourth-order valence-electron chi connectivity index (χ4n) is 2.65. The first kappa shape index (κ1) is 20.7. The van der Waals surface area contributed by atoms with Gasteiger partial charge in [0.15, 0.2) is 6.61 Å². The number of hydrogen-bond acceptors (Lipinski definition) is 5. The Morgan fingerprint density at radius 3 is 2.66 bits per heavy atom. The number of aryl methyl sites for hydroxylation is 1. The molecule has 1 amide bonds. The average Bonchev–Trinajstić information content (AvgIpc) is 3.17. The minimum atomic E-state index is -0.519. The Labute approximate surface area is 172 Å². The van der Waals surface area contributed by atoms with Crippen LogP contribution in [0, 0.1) is 12.7 Å². The number of hydrogen-bond donors (Lipinski definition) is 1. The van der Waals surface area contributed by atoms with Gasteiger partial charge in [-0.25, -0.2) is 9.37 Å². The molecule has 7 heteroatoms. The van der Waals surface area contributed by atoms with E-state index in [1.807, 2.05) is 36.6 Å². The third-order valence-electron chi connectivity index (χ3n) is 4.21. The van der Waals surface area contributed by atoms with Crippen molar-refractivity contribution >= 4 is 23.2 Å². The molecule has 0 fully saturated rings. The van der Waals surface area contributed by atoms with Crippen molar-refractivity contribution in [1.29, 1.82) is 0 Å². The number of ether oxygens (including phenoxy) is 1. The van der Waals surface area contributed by atoms with Gasteiger partial charge in [-0.15, -0.1) is 11.3 Å². The molecule has 29 heavy (non-hydrogen) atoms. The summed E-state index contributed by atoms with van der Waals surface area (Å²) in [4.78, 5) is 28.2. The van der Waals surface area contributed by atoms with Gasteiger partial charge in [0.1, 0.15) is 10.8 Å². The minimum absolute atomic E-state index is 0.00483. The van der Waals surface area contributed by atoms with E-state index >= 15 is 0 Å². The van der Waals surface area contributed by atoms with Gasteiger partial charge in [-0.1, -0.05) is 48.0 Å². The lowest BCUT2D eigenvalue weighted by atomic mass is 10.1. The van der Waals surface area contributed by atoms with E-state index in [1.54, 1.807) is 18.2 Å². The summed E-state index contributed by atoms with van der Waals surface area (Å²) < 4.78 is 18.5. The summed E-state index contributed by atoms with van der Waals surface area (Å²) in [5.74, 6) is -1.25. The van der Waals surface area contributed by atoms with E-state index in [0.717, 1.165) is 10.6 Å². The highest BCUT2D eigenvalue weighted by molar-refractivity contribution is 7.13. The molecule has 3 rings (SSSR count). The summed E-state index contributed by atoms with van der Waals surface area (Å²) in [5.41, 5.74) is 3.30. The molecule has 2 aromatic carbocycles. The van der Waals surface area contributed by atoms with E-state index in [4.69, 9.17) is 4.74 Å². The van der Waals surface area contributed by atoms with Gasteiger partial charge >= 0.3 is 5.97 Å². The lowest BCUT2D eigenvalue weighted by Crippen LogP contribution is -2.30. The summed E-state index contributed by atoms with van der Waals surface area (Å²) in [6.07, 6.45) is 0.373. The molecule has 1 N–H and O–H groups in total. The van der Waals surface area contributed by atoms with Crippen molar-refractivity contribution in [2.24, 2.45) is 0 Å². The van der Waals surface area contributed by atoms with Crippen molar-refractivity contribution in [2.75, 3.05) is 13.2 Å². The number of carbonyl (C=O) groups excluding carboxylic acids is 2. The molecule has 1 heterocycles. The van der Waals surface area contributed by atoms with Crippen LogP contribution in [-0.4, -0.2) is 30.0 Å². The normalized spacial score (nSPS) is 10.6. The molecule has 0 unspecified atom stereocenters. The fourth-order valence-corrected chi connectivity index (χ4v) is 3.48. The van der Waals surface area contributed by atoms with Crippen LogP contribution in [-0.2, 0) is 27.2 Å².